The van der Waals surface area contributed by atoms with E-state index in [1.54, 1.807) is 11.3 Å². The first-order chi connectivity index (χ1) is 8.80. The minimum atomic E-state index is 0.753. The summed E-state index contributed by atoms with van der Waals surface area (Å²) < 4.78 is 0. The predicted octanol–water partition coefficient (Wildman–Crippen LogP) is 3.29. The van der Waals surface area contributed by atoms with Gasteiger partial charge in [-0.2, -0.15) is 0 Å². The number of aryl methyl sites for hydroxylation is 1. The van der Waals surface area contributed by atoms with Gasteiger partial charge in [0.2, 0.25) is 0 Å². The average molecular weight is 258 g/mol. The van der Waals surface area contributed by atoms with Crippen LogP contribution in [0.2, 0.25) is 0 Å². The number of anilines is 1. The molecular formula is C13H14N4S. The number of pyridine rings is 1. The lowest BCUT2D eigenvalue weighted by Gasteiger charge is -1.95. The van der Waals surface area contributed by atoms with Gasteiger partial charge in [0.1, 0.15) is 5.82 Å². The lowest BCUT2D eigenvalue weighted by Crippen LogP contribution is -1.91. The minimum absolute atomic E-state index is 0.753. The van der Waals surface area contributed by atoms with E-state index in [0.29, 0.717) is 0 Å². The van der Waals surface area contributed by atoms with E-state index < -0.39 is 0 Å². The van der Waals surface area contributed by atoms with Crippen LogP contribution in [0.1, 0.15) is 11.8 Å². The maximum absolute atomic E-state index is 4.54. The van der Waals surface area contributed by atoms with Gasteiger partial charge >= 0.3 is 0 Å². The number of nitrogens with one attached hydrogen (secondary N) is 2. The van der Waals surface area contributed by atoms with E-state index in [4.69, 9.17) is 0 Å². The Kier molecular flexibility index (Phi) is 2.76. The number of fused-ring (bicyclic) bond motifs is 1. The van der Waals surface area contributed by atoms with Crippen molar-refractivity contribution in [3.05, 3.63) is 29.1 Å². The Labute approximate surface area is 109 Å². The number of aromatic nitrogens is 3. The van der Waals surface area contributed by atoms with Crippen LogP contribution < -0.4 is 5.32 Å². The van der Waals surface area contributed by atoms with Crippen molar-refractivity contribution in [1.82, 2.24) is 15.0 Å². The highest BCUT2D eigenvalue weighted by molar-refractivity contribution is 7.15. The Bertz CT molecular complexity index is 683. The fourth-order valence-electron chi connectivity index (χ4n) is 1.84. The first-order valence-electron chi connectivity index (χ1n) is 5.93. The molecule has 92 valence electrons. The molecule has 0 bridgehead atoms. The molecular weight excluding hydrogens is 244 g/mol. The molecule has 0 radical (unpaired) electrons. The number of hydrogen-bond acceptors (Lipinski definition) is 4. The monoisotopic (exact) mass is 258 g/mol. The molecule has 0 unspecified atom stereocenters. The van der Waals surface area contributed by atoms with E-state index in [1.807, 2.05) is 19.2 Å². The average Bonchev–Trinajstić information content (AvgIpc) is 3.03. The van der Waals surface area contributed by atoms with Gasteiger partial charge < -0.3 is 10.3 Å². The van der Waals surface area contributed by atoms with Gasteiger partial charge in [-0.1, -0.05) is 6.92 Å². The molecule has 18 heavy (non-hydrogen) atoms. The quantitative estimate of drug-likeness (QED) is 0.758. The number of rotatable bonds is 3. The van der Waals surface area contributed by atoms with Gasteiger partial charge in [0.25, 0.3) is 0 Å². The highest BCUT2D eigenvalue weighted by Gasteiger charge is 2.08. The molecule has 0 spiro atoms. The summed E-state index contributed by atoms with van der Waals surface area (Å²) in [6.07, 6.45) is 1.06. The van der Waals surface area contributed by atoms with Gasteiger partial charge in [-0.25, -0.2) is 9.97 Å². The Balaban J connectivity index is 2.07. The van der Waals surface area contributed by atoms with Crippen LogP contribution in [0.4, 0.5) is 5.82 Å². The van der Waals surface area contributed by atoms with Crippen LogP contribution >= 0.6 is 11.3 Å². The maximum Gasteiger partial charge on any atom is 0.180 e. The van der Waals surface area contributed by atoms with Gasteiger partial charge in [-0.3, -0.25) is 0 Å². The molecule has 3 aromatic rings. The third kappa shape index (κ3) is 1.86. The molecule has 0 atom stereocenters. The smallest absolute Gasteiger partial charge is 0.180 e. The summed E-state index contributed by atoms with van der Waals surface area (Å²) in [7, 11) is 1.86. The second-order valence-electron chi connectivity index (χ2n) is 4.02. The molecule has 0 amide bonds. The van der Waals surface area contributed by atoms with Crippen molar-refractivity contribution in [2.24, 2.45) is 0 Å². The van der Waals surface area contributed by atoms with Crippen LogP contribution in [0.15, 0.2) is 24.3 Å². The SMILES string of the molecule is CCc1ccc(-c2nc3nc(NC)ccc3[nH]2)s1. The molecule has 0 aliphatic heterocycles. The highest BCUT2D eigenvalue weighted by atomic mass is 32.1. The zero-order chi connectivity index (χ0) is 12.5. The van der Waals surface area contributed by atoms with Crippen LogP contribution in [-0.2, 0) is 6.42 Å². The van der Waals surface area contributed by atoms with Crippen molar-refractivity contribution in [1.29, 1.82) is 0 Å². The van der Waals surface area contributed by atoms with Crippen molar-refractivity contribution in [2.75, 3.05) is 12.4 Å². The van der Waals surface area contributed by atoms with E-state index in [0.717, 1.165) is 34.1 Å². The first-order valence-corrected chi connectivity index (χ1v) is 6.75. The predicted molar refractivity (Wildman–Crippen MR) is 76.1 cm³/mol. The van der Waals surface area contributed by atoms with Crippen molar-refractivity contribution in [3.8, 4) is 10.7 Å². The zero-order valence-corrected chi connectivity index (χ0v) is 11.1. The number of nitrogens with zero attached hydrogens (tertiary/aromatic N) is 2. The van der Waals surface area contributed by atoms with Crippen LogP contribution in [0.3, 0.4) is 0 Å². The second-order valence-corrected chi connectivity index (χ2v) is 5.19. The highest BCUT2D eigenvalue weighted by Crippen LogP contribution is 2.27. The Morgan fingerprint density at radius 2 is 2.11 bits per heavy atom. The second kappa shape index (κ2) is 4.42. The summed E-state index contributed by atoms with van der Waals surface area (Å²) in [6, 6.07) is 8.20. The van der Waals surface area contributed by atoms with Crippen molar-refractivity contribution < 1.29 is 0 Å². The number of imidazole rings is 1. The Morgan fingerprint density at radius 1 is 1.22 bits per heavy atom. The first kappa shape index (κ1) is 11.2. The molecule has 3 heterocycles. The standard InChI is InChI=1S/C13H14N4S/c1-3-8-4-6-10(18-8)13-15-9-5-7-11(14-2)16-12(9)17-13/h4-7H,3H2,1-2H3,(H2,14,15,16,17). The van der Waals surface area contributed by atoms with Crippen LogP contribution in [-0.4, -0.2) is 22.0 Å². The molecule has 3 rings (SSSR count). The van der Waals surface area contributed by atoms with Gasteiger partial charge in [-0.15, -0.1) is 11.3 Å². The van der Waals surface area contributed by atoms with Crippen molar-refractivity contribution in [2.45, 2.75) is 13.3 Å². The molecule has 0 aliphatic carbocycles. The molecule has 0 saturated carbocycles. The van der Waals surface area contributed by atoms with Gasteiger partial charge in [-0.05, 0) is 30.7 Å². The number of H-pyrrole nitrogens is 1. The molecule has 2 N–H and O–H groups in total. The molecule has 0 aliphatic rings. The molecule has 3 aromatic heterocycles. The van der Waals surface area contributed by atoms with Gasteiger partial charge in [0, 0.05) is 11.9 Å². The maximum atomic E-state index is 4.54. The lowest BCUT2D eigenvalue weighted by atomic mass is 10.3. The summed E-state index contributed by atoms with van der Waals surface area (Å²) in [4.78, 5) is 14.8. The number of thiophene rings is 1. The van der Waals surface area contributed by atoms with Gasteiger partial charge in [0.05, 0.1) is 10.4 Å². The Hall–Kier alpha value is -1.88. The summed E-state index contributed by atoms with van der Waals surface area (Å²) in [5.74, 6) is 1.73. The largest absolute Gasteiger partial charge is 0.373 e. The summed E-state index contributed by atoms with van der Waals surface area (Å²) in [6.45, 7) is 2.16. The molecule has 4 nitrogen and oxygen atoms in total. The van der Waals surface area contributed by atoms with Crippen LogP contribution in [0.25, 0.3) is 21.9 Å². The lowest BCUT2D eigenvalue weighted by molar-refractivity contribution is 1.19. The topological polar surface area (TPSA) is 53.6 Å². The van der Waals surface area contributed by atoms with E-state index >= 15 is 0 Å². The fraction of sp³-hybridized carbons (Fsp3) is 0.231. The summed E-state index contributed by atoms with van der Waals surface area (Å²) in [5.41, 5.74) is 1.72. The number of aromatic amines is 1. The fourth-order valence-corrected chi connectivity index (χ4v) is 2.74. The van der Waals surface area contributed by atoms with E-state index in [9.17, 15) is 0 Å². The zero-order valence-electron chi connectivity index (χ0n) is 10.3. The third-order valence-electron chi connectivity index (χ3n) is 2.85. The van der Waals surface area contributed by atoms with Gasteiger partial charge in [0.15, 0.2) is 11.5 Å². The normalized spacial score (nSPS) is 11.0. The molecule has 0 aromatic carbocycles. The molecule has 0 saturated heterocycles. The van der Waals surface area contributed by atoms with Crippen molar-refractivity contribution >= 4 is 28.3 Å². The molecule has 0 fully saturated rings. The van der Waals surface area contributed by atoms with E-state index in [1.165, 1.54) is 4.88 Å². The van der Waals surface area contributed by atoms with Crippen LogP contribution in [0, 0.1) is 0 Å². The summed E-state index contributed by atoms with van der Waals surface area (Å²) in [5, 5.41) is 3.02. The third-order valence-corrected chi connectivity index (χ3v) is 4.08. The van der Waals surface area contributed by atoms with Crippen LogP contribution in [0.5, 0.6) is 0 Å². The summed E-state index contributed by atoms with van der Waals surface area (Å²) >= 11 is 1.77. The molecule has 5 heteroatoms. The number of hydrogen-bond donors (Lipinski definition) is 2. The Morgan fingerprint density at radius 3 is 2.83 bits per heavy atom. The van der Waals surface area contributed by atoms with Crippen molar-refractivity contribution in [3.63, 3.8) is 0 Å². The van der Waals surface area contributed by atoms with E-state index in [-0.39, 0.29) is 0 Å². The van der Waals surface area contributed by atoms with E-state index in [2.05, 4.69) is 39.3 Å². The minimum Gasteiger partial charge on any atom is -0.373 e.